The van der Waals surface area contributed by atoms with Crippen LogP contribution in [0.1, 0.15) is 37.8 Å². The average Bonchev–Trinajstić information content (AvgIpc) is 3.14. The van der Waals surface area contributed by atoms with Gasteiger partial charge >= 0.3 is 16.2 Å². The number of benzene rings is 1. The minimum atomic E-state index is -4.23. The van der Waals surface area contributed by atoms with E-state index in [4.69, 9.17) is 4.74 Å². The maximum atomic E-state index is 14.3. The molecule has 1 saturated heterocycles. The van der Waals surface area contributed by atoms with E-state index < -0.39 is 16.2 Å². The van der Waals surface area contributed by atoms with Crippen molar-refractivity contribution in [3.63, 3.8) is 0 Å². The van der Waals surface area contributed by atoms with Gasteiger partial charge in [-0.05, 0) is 48.9 Å². The van der Waals surface area contributed by atoms with Crippen molar-refractivity contribution in [1.29, 1.82) is 0 Å². The summed E-state index contributed by atoms with van der Waals surface area (Å²) in [6.07, 6.45) is 4.91. The van der Waals surface area contributed by atoms with Crippen LogP contribution in [-0.2, 0) is 34.8 Å². The Kier molecular flexibility index (Phi) is 9.53. The second-order valence-electron chi connectivity index (χ2n) is 7.39. The Morgan fingerprint density at radius 2 is 1.84 bits per heavy atom. The molecule has 12 heteroatoms. The van der Waals surface area contributed by atoms with Crippen LogP contribution in [0, 0.1) is 5.82 Å². The summed E-state index contributed by atoms with van der Waals surface area (Å²) >= 11 is 0. The van der Waals surface area contributed by atoms with Crippen LogP contribution < -0.4 is 14.3 Å². The number of carbonyl (C=O) groups excluding carboxylic acids is 1. The van der Waals surface area contributed by atoms with Crippen molar-refractivity contribution in [2.45, 2.75) is 45.6 Å². The van der Waals surface area contributed by atoms with Gasteiger partial charge in [-0.3, -0.25) is 4.68 Å². The quantitative estimate of drug-likeness (QED) is 0.597. The first-order chi connectivity index (χ1) is 14.7. The summed E-state index contributed by atoms with van der Waals surface area (Å²) < 4.78 is 50.7. The van der Waals surface area contributed by atoms with Crippen LogP contribution in [0.5, 0.6) is 0 Å². The van der Waals surface area contributed by atoms with Crippen LogP contribution in [0.2, 0.25) is 0 Å². The Labute approximate surface area is 210 Å². The molecule has 1 aliphatic heterocycles. The third kappa shape index (κ3) is 6.22. The summed E-state index contributed by atoms with van der Waals surface area (Å²) in [5.41, 5.74) is 1.60. The average molecular weight is 477 g/mol. The van der Waals surface area contributed by atoms with E-state index >= 15 is 0 Å². The number of hydrogen-bond acceptors (Lipinski definition) is 5. The number of hydrogen-bond donors (Lipinski definition) is 2. The molecule has 0 bridgehead atoms. The topological polar surface area (TPSA) is 106 Å². The molecule has 1 radical (unpaired) electrons. The van der Waals surface area contributed by atoms with Gasteiger partial charge in [0.15, 0.2) is 0 Å². The first-order valence-electron chi connectivity index (χ1n) is 10.3. The van der Waals surface area contributed by atoms with E-state index in [0.717, 1.165) is 0 Å². The maximum Gasteiger partial charge on any atom is 0.334 e. The molecule has 0 unspecified atom stereocenters. The standard InChI is InChI=1S/C20H28FN5O4S.Na/c1-4-14-10-16(11-15(5-2)19(14)21)23-20(27)24-31(28,29)26(17-6-8-30-9-7-17)18-12-22-25(3)13-18;/h10-13,17H,4-9H2,1-3H3,(H2,23,24,27);. The molecular weight excluding hydrogens is 448 g/mol. The number of halogens is 1. The number of ether oxygens (including phenoxy) is 1. The number of aryl methyl sites for hydroxylation is 3. The number of amides is 2. The van der Waals surface area contributed by atoms with Gasteiger partial charge in [0.1, 0.15) is 5.82 Å². The maximum absolute atomic E-state index is 14.3. The molecular formula is C20H28FN5NaO4S. The van der Waals surface area contributed by atoms with Crippen molar-refractivity contribution in [3.05, 3.63) is 41.5 Å². The Bertz CT molecular complexity index is 1020. The molecule has 2 N–H and O–H groups in total. The largest absolute Gasteiger partial charge is 0.381 e. The van der Waals surface area contributed by atoms with E-state index in [1.54, 1.807) is 13.2 Å². The molecule has 1 aromatic heterocycles. The zero-order valence-electron chi connectivity index (χ0n) is 18.9. The van der Waals surface area contributed by atoms with E-state index in [9.17, 15) is 17.6 Å². The molecule has 2 heterocycles. The van der Waals surface area contributed by atoms with Gasteiger partial charge in [-0.1, -0.05) is 13.8 Å². The summed E-state index contributed by atoms with van der Waals surface area (Å²) in [4.78, 5) is 12.6. The van der Waals surface area contributed by atoms with Gasteiger partial charge in [0.2, 0.25) is 0 Å². The number of anilines is 2. The fraction of sp³-hybridized carbons (Fsp3) is 0.500. The number of urea groups is 1. The summed E-state index contributed by atoms with van der Waals surface area (Å²) in [7, 11) is -2.55. The molecule has 0 saturated carbocycles. The predicted molar refractivity (Wildman–Crippen MR) is 122 cm³/mol. The Balaban J connectivity index is 0.00000363. The Hall–Kier alpha value is -1.66. The third-order valence-electron chi connectivity index (χ3n) is 5.19. The second-order valence-corrected chi connectivity index (χ2v) is 8.94. The van der Waals surface area contributed by atoms with Crippen LogP contribution >= 0.6 is 0 Å². The molecule has 0 atom stereocenters. The zero-order valence-corrected chi connectivity index (χ0v) is 21.7. The first-order valence-corrected chi connectivity index (χ1v) is 11.7. The number of rotatable bonds is 7. The molecule has 1 aromatic carbocycles. The van der Waals surface area contributed by atoms with Gasteiger partial charge in [0, 0.05) is 61.7 Å². The zero-order chi connectivity index (χ0) is 22.6. The summed E-state index contributed by atoms with van der Waals surface area (Å²) in [5, 5.41) is 6.58. The van der Waals surface area contributed by atoms with Crippen LogP contribution in [0.25, 0.3) is 0 Å². The van der Waals surface area contributed by atoms with Gasteiger partial charge < -0.3 is 10.1 Å². The number of carbonyl (C=O) groups is 1. The van der Waals surface area contributed by atoms with Crippen LogP contribution in [0.3, 0.4) is 0 Å². The van der Waals surface area contributed by atoms with Gasteiger partial charge in [0.25, 0.3) is 0 Å². The molecule has 3 rings (SSSR count). The van der Waals surface area contributed by atoms with E-state index in [1.165, 1.54) is 27.3 Å². The Morgan fingerprint density at radius 3 is 2.34 bits per heavy atom. The molecule has 2 aromatic rings. The van der Waals surface area contributed by atoms with Crippen molar-refractivity contribution in [3.8, 4) is 0 Å². The summed E-state index contributed by atoms with van der Waals surface area (Å²) in [6, 6.07) is 1.74. The van der Waals surface area contributed by atoms with Crippen molar-refractivity contribution < 1.29 is 22.3 Å². The normalized spacial score (nSPS) is 14.5. The summed E-state index contributed by atoms with van der Waals surface area (Å²) in [5.74, 6) is -0.300. The van der Waals surface area contributed by atoms with E-state index in [1.807, 2.05) is 13.8 Å². The molecule has 1 aliphatic rings. The van der Waals surface area contributed by atoms with Gasteiger partial charge in [-0.25, -0.2) is 18.2 Å². The SMILES string of the molecule is CCc1cc(NC(=O)NS(=O)(=O)N(c2cnn(C)c2)C2CCOCC2)cc(CC)c1F.[Na]. The minimum Gasteiger partial charge on any atom is -0.381 e. The molecule has 32 heavy (non-hydrogen) atoms. The molecule has 0 spiro atoms. The summed E-state index contributed by atoms with van der Waals surface area (Å²) in [6.45, 7) is 4.48. The fourth-order valence-corrected chi connectivity index (χ4v) is 5.01. The fourth-order valence-electron chi connectivity index (χ4n) is 3.65. The minimum absolute atomic E-state index is 0. The molecule has 2 amide bonds. The molecule has 171 valence electrons. The van der Waals surface area contributed by atoms with Crippen molar-refractivity contribution in [1.82, 2.24) is 14.5 Å². The molecule has 0 aliphatic carbocycles. The van der Waals surface area contributed by atoms with E-state index in [2.05, 4.69) is 15.1 Å². The Morgan fingerprint density at radius 1 is 1.25 bits per heavy atom. The predicted octanol–water partition coefficient (Wildman–Crippen LogP) is 2.36. The first kappa shape index (κ1) is 26.6. The van der Waals surface area contributed by atoms with Crippen molar-refractivity contribution >= 4 is 57.2 Å². The smallest absolute Gasteiger partial charge is 0.334 e. The number of aromatic nitrogens is 2. The van der Waals surface area contributed by atoms with Crippen LogP contribution in [0.4, 0.5) is 20.6 Å². The van der Waals surface area contributed by atoms with Gasteiger partial charge in [-0.15, -0.1) is 0 Å². The third-order valence-corrected chi connectivity index (χ3v) is 6.66. The van der Waals surface area contributed by atoms with Gasteiger partial charge in [0.05, 0.1) is 17.9 Å². The molecule has 1 fully saturated rings. The van der Waals surface area contributed by atoms with Crippen LogP contribution in [-0.4, -0.2) is 73.0 Å². The number of nitrogens with zero attached hydrogens (tertiary/aromatic N) is 3. The van der Waals surface area contributed by atoms with Crippen molar-refractivity contribution in [2.75, 3.05) is 22.8 Å². The van der Waals surface area contributed by atoms with E-state index in [0.29, 0.717) is 61.4 Å². The van der Waals surface area contributed by atoms with Crippen molar-refractivity contribution in [2.24, 2.45) is 7.05 Å². The van der Waals surface area contributed by atoms with E-state index in [-0.39, 0.29) is 41.4 Å². The molecule has 9 nitrogen and oxygen atoms in total. The van der Waals surface area contributed by atoms with Gasteiger partial charge in [-0.2, -0.15) is 13.5 Å². The number of nitrogens with one attached hydrogen (secondary N) is 2. The van der Waals surface area contributed by atoms with Crippen LogP contribution in [0.15, 0.2) is 24.5 Å². The second kappa shape index (κ2) is 11.5. The monoisotopic (exact) mass is 476 g/mol.